The van der Waals surface area contributed by atoms with E-state index in [1.165, 1.54) is 11.8 Å². The zero-order valence-corrected chi connectivity index (χ0v) is 16.3. The van der Waals surface area contributed by atoms with E-state index in [2.05, 4.69) is 16.0 Å². The van der Waals surface area contributed by atoms with E-state index in [9.17, 15) is 19.2 Å². The second-order valence-corrected chi connectivity index (χ2v) is 7.28. The van der Waals surface area contributed by atoms with Crippen LogP contribution in [0.5, 0.6) is 0 Å². The number of esters is 1. The molecule has 5 N–H and O–H groups in total. The van der Waals surface area contributed by atoms with Gasteiger partial charge in [-0.2, -0.15) is 11.8 Å². The first kappa shape index (κ1) is 21.5. The van der Waals surface area contributed by atoms with Crippen molar-refractivity contribution in [3.8, 4) is 0 Å². The number of nitrogens with two attached hydrogens (primary N) is 1. The van der Waals surface area contributed by atoms with Crippen molar-refractivity contribution in [3.63, 3.8) is 0 Å². The van der Waals surface area contributed by atoms with Crippen molar-refractivity contribution in [1.82, 2.24) is 10.6 Å². The van der Waals surface area contributed by atoms with Gasteiger partial charge < -0.3 is 26.4 Å². The first-order chi connectivity index (χ1) is 13.4. The molecule has 1 aromatic rings. The Morgan fingerprint density at radius 3 is 2.61 bits per heavy atom. The third-order valence-electron chi connectivity index (χ3n) is 3.92. The number of hydrogen-bond donors (Lipinski definition) is 4. The van der Waals surface area contributed by atoms with Crippen molar-refractivity contribution in [1.29, 1.82) is 0 Å². The van der Waals surface area contributed by atoms with Crippen LogP contribution in [0.2, 0.25) is 0 Å². The molecule has 1 aliphatic rings. The summed E-state index contributed by atoms with van der Waals surface area (Å²) in [4.78, 5) is 47.5. The summed E-state index contributed by atoms with van der Waals surface area (Å²) in [6.45, 7) is -0.548. The Morgan fingerprint density at radius 1 is 1.25 bits per heavy atom. The van der Waals surface area contributed by atoms with Crippen LogP contribution in [0.15, 0.2) is 24.3 Å². The number of primary amides is 1. The van der Waals surface area contributed by atoms with Gasteiger partial charge >= 0.3 is 12.0 Å². The largest absolute Gasteiger partial charge is 0.454 e. The number of carbonyl (C=O) groups is 4. The molecule has 0 spiro atoms. The average molecular weight is 408 g/mol. The maximum absolute atomic E-state index is 12.3. The highest BCUT2D eigenvalue weighted by molar-refractivity contribution is 7.98. The summed E-state index contributed by atoms with van der Waals surface area (Å²) in [7, 11) is 0. The average Bonchev–Trinajstić information content (AvgIpc) is 3.47. The molecule has 28 heavy (non-hydrogen) atoms. The highest BCUT2D eigenvalue weighted by Gasteiger charge is 2.25. The van der Waals surface area contributed by atoms with Crippen LogP contribution < -0.4 is 21.7 Å². The van der Waals surface area contributed by atoms with Crippen molar-refractivity contribution in [2.75, 3.05) is 23.9 Å². The minimum Gasteiger partial charge on any atom is -0.454 e. The third-order valence-corrected chi connectivity index (χ3v) is 4.56. The molecular weight excluding hydrogens is 384 g/mol. The minimum absolute atomic E-state index is 0.188. The molecule has 9 nitrogen and oxygen atoms in total. The van der Waals surface area contributed by atoms with Crippen molar-refractivity contribution >= 4 is 41.3 Å². The molecule has 1 aromatic carbocycles. The van der Waals surface area contributed by atoms with E-state index in [4.69, 9.17) is 10.5 Å². The summed E-state index contributed by atoms with van der Waals surface area (Å²) in [6.07, 6.45) is 4.09. The number of anilines is 1. The molecule has 2 rings (SSSR count). The van der Waals surface area contributed by atoms with Gasteiger partial charge in [0.2, 0.25) is 0 Å². The third kappa shape index (κ3) is 7.10. The molecule has 0 saturated heterocycles. The summed E-state index contributed by atoms with van der Waals surface area (Å²) in [5.74, 6) is -1.00. The van der Waals surface area contributed by atoms with Gasteiger partial charge in [-0.3, -0.25) is 9.59 Å². The smallest absolute Gasteiger partial charge is 0.329 e. The zero-order valence-electron chi connectivity index (χ0n) is 15.5. The number of hydrogen-bond acceptors (Lipinski definition) is 6. The highest BCUT2D eigenvalue weighted by Crippen LogP contribution is 2.21. The van der Waals surface area contributed by atoms with Crippen LogP contribution in [0.3, 0.4) is 0 Å². The summed E-state index contributed by atoms with van der Waals surface area (Å²) in [5, 5.41) is 7.73. The summed E-state index contributed by atoms with van der Waals surface area (Å²) in [6, 6.07) is 5.01. The molecule has 0 radical (unpaired) electrons. The van der Waals surface area contributed by atoms with Gasteiger partial charge in [-0.05, 0) is 43.4 Å². The first-order valence-electron chi connectivity index (χ1n) is 8.82. The fourth-order valence-electron chi connectivity index (χ4n) is 2.36. The van der Waals surface area contributed by atoms with Gasteiger partial charge in [0.1, 0.15) is 6.04 Å². The lowest BCUT2D eigenvalue weighted by atomic mass is 10.1. The van der Waals surface area contributed by atoms with E-state index >= 15 is 0 Å². The van der Waals surface area contributed by atoms with E-state index in [-0.39, 0.29) is 11.9 Å². The summed E-state index contributed by atoms with van der Waals surface area (Å²) < 4.78 is 4.98. The number of ether oxygens (including phenoxy) is 1. The van der Waals surface area contributed by atoms with Crippen LogP contribution in [0.25, 0.3) is 0 Å². The second kappa shape index (κ2) is 10.5. The normalized spacial score (nSPS) is 13.9. The van der Waals surface area contributed by atoms with Gasteiger partial charge in [-0.15, -0.1) is 0 Å². The number of benzene rings is 1. The molecule has 0 aromatic heterocycles. The molecule has 0 unspecified atom stereocenters. The maximum atomic E-state index is 12.3. The Morgan fingerprint density at radius 2 is 1.96 bits per heavy atom. The number of rotatable bonds is 10. The molecule has 152 valence electrons. The molecule has 0 bridgehead atoms. The van der Waals surface area contributed by atoms with E-state index in [0.29, 0.717) is 23.4 Å². The quantitative estimate of drug-likeness (QED) is 0.423. The van der Waals surface area contributed by atoms with Crippen LogP contribution in [-0.4, -0.2) is 54.5 Å². The van der Waals surface area contributed by atoms with Gasteiger partial charge in [0.15, 0.2) is 6.61 Å². The first-order valence-corrected chi connectivity index (χ1v) is 10.2. The predicted octanol–water partition coefficient (Wildman–Crippen LogP) is 0.851. The predicted molar refractivity (Wildman–Crippen MR) is 106 cm³/mol. The Bertz CT molecular complexity index is 738. The molecule has 0 aliphatic heterocycles. The maximum Gasteiger partial charge on any atom is 0.329 e. The van der Waals surface area contributed by atoms with E-state index in [1.807, 2.05) is 6.26 Å². The van der Waals surface area contributed by atoms with Crippen molar-refractivity contribution in [2.24, 2.45) is 5.73 Å². The van der Waals surface area contributed by atoms with Crippen LogP contribution in [0.4, 0.5) is 10.5 Å². The molecule has 1 aliphatic carbocycles. The molecule has 1 saturated carbocycles. The molecular formula is C18H24N4O5S. The van der Waals surface area contributed by atoms with Crippen LogP contribution in [-0.2, 0) is 14.3 Å². The Hall–Kier alpha value is -2.75. The number of amides is 4. The number of thioether (sulfide) groups is 1. The highest BCUT2D eigenvalue weighted by atomic mass is 32.2. The van der Waals surface area contributed by atoms with Gasteiger partial charge in [0.05, 0.1) is 11.3 Å². The Labute approximate surface area is 167 Å². The van der Waals surface area contributed by atoms with Crippen molar-refractivity contribution < 1.29 is 23.9 Å². The molecule has 10 heteroatoms. The van der Waals surface area contributed by atoms with Gasteiger partial charge in [0.25, 0.3) is 11.8 Å². The van der Waals surface area contributed by atoms with E-state index < -0.39 is 30.6 Å². The number of para-hydroxylation sites is 1. The zero-order chi connectivity index (χ0) is 20.5. The van der Waals surface area contributed by atoms with Gasteiger partial charge in [-0.25, -0.2) is 9.59 Å². The Kier molecular flexibility index (Phi) is 8.12. The topological polar surface area (TPSA) is 140 Å². The van der Waals surface area contributed by atoms with E-state index in [1.54, 1.807) is 24.3 Å². The van der Waals surface area contributed by atoms with Gasteiger partial charge in [0, 0.05) is 6.04 Å². The fourth-order valence-corrected chi connectivity index (χ4v) is 2.83. The fraction of sp³-hybridized carbons (Fsp3) is 0.444. The number of carbonyl (C=O) groups excluding carboxylic acids is 4. The van der Waals surface area contributed by atoms with Crippen LogP contribution >= 0.6 is 11.8 Å². The number of nitrogens with one attached hydrogen (secondary N) is 3. The second-order valence-electron chi connectivity index (χ2n) is 6.29. The molecule has 4 amide bonds. The molecule has 1 fully saturated rings. The van der Waals surface area contributed by atoms with Crippen LogP contribution in [0.1, 0.15) is 29.6 Å². The SMILES string of the molecule is CSCC[C@@H](NC(N)=O)C(=O)OCC(=O)Nc1ccccc1C(=O)NC1CC1. The summed E-state index contributed by atoms with van der Waals surface area (Å²) in [5.41, 5.74) is 5.73. The van der Waals surface area contributed by atoms with Gasteiger partial charge in [-0.1, -0.05) is 12.1 Å². The monoisotopic (exact) mass is 408 g/mol. The molecule has 0 heterocycles. The van der Waals surface area contributed by atoms with Crippen LogP contribution in [0, 0.1) is 0 Å². The lowest BCUT2D eigenvalue weighted by molar-refractivity contribution is -0.149. The van der Waals surface area contributed by atoms with Crippen molar-refractivity contribution in [2.45, 2.75) is 31.3 Å². The van der Waals surface area contributed by atoms with E-state index in [0.717, 1.165) is 12.8 Å². The standard InChI is InChI=1S/C18H24N4O5S/c1-28-9-8-14(22-18(19)26)17(25)27-10-15(23)21-13-5-3-2-4-12(13)16(24)20-11-6-7-11/h2-5,11,14H,6-10H2,1H3,(H,20,24)(H,21,23)(H3,19,22,26)/t14-/m1/s1. The Balaban J connectivity index is 1.90. The van der Waals surface area contributed by atoms with Crippen molar-refractivity contribution in [3.05, 3.63) is 29.8 Å². The molecule has 1 atom stereocenters. The lowest BCUT2D eigenvalue weighted by Crippen LogP contribution is -2.45. The lowest BCUT2D eigenvalue weighted by Gasteiger charge is -2.16. The number of urea groups is 1. The summed E-state index contributed by atoms with van der Waals surface area (Å²) >= 11 is 1.50. The minimum atomic E-state index is -0.922.